The summed E-state index contributed by atoms with van der Waals surface area (Å²) in [6.07, 6.45) is 0.806. The molecule has 0 spiro atoms. The lowest BCUT2D eigenvalue weighted by atomic mass is 10.1. The van der Waals surface area contributed by atoms with Gasteiger partial charge in [-0.25, -0.2) is 4.68 Å². The van der Waals surface area contributed by atoms with Crippen molar-refractivity contribution in [3.63, 3.8) is 0 Å². The summed E-state index contributed by atoms with van der Waals surface area (Å²) < 4.78 is 6.56. The number of benzene rings is 2. The standard InChI is InChI=1S/C22H23N3O3/c1-16-8-10-17(11-9-16)20-12-13-22(27)25(24-20)14-4-7-21(26)23-18-5-3-6-19(15-18)28-2/h3,5-6,8-13,15H,4,7,14H2,1-2H3,(H,23,26). The predicted octanol–water partition coefficient (Wildman–Crippen LogP) is 3.65. The Morgan fingerprint density at radius 1 is 1.11 bits per heavy atom. The molecule has 0 aliphatic carbocycles. The molecule has 2 aromatic carbocycles. The highest BCUT2D eigenvalue weighted by atomic mass is 16.5. The molecule has 0 unspecified atom stereocenters. The lowest BCUT2D eigenvalue weighted by Gasteiger charge is -2.09. The van der Waals surface area contributed by atoms with E-state index >= 15 is 0 Å². The van der Waals surface area contributed by atoms with Crippen LogP contribution in [0.1, 0.15) is 18.4 Å². The molecule has 3 aromatic rings. The van der Waals surface area contributed by atoms with Crippen molar-refractivity contribution in [2.24, 2.45) is 0 Å². The minimum atomic E-state index is -0.177. The molecule has 0 radical (unpaired) electrons. The summed E-state index contributed by atoms with van der Waals surface area (Å²) in [5.74, 6) is 0.567. The van der Waals surface area contributed by atoms with Crippen molar-refractivity contribution < 1.29 is 9.53 Å². The number of carbonyl (C=O) groups is 1. The van der Waals surface area contributed by atoms with Crippen LogP contribution in [0.2, 0.25) is 0 Å². The van der Waals surface area contributed by atoms with Gasteiger partial charge >= 0.3 is 0 Å². The van der Waals surface area contributed by atoms with Gasteiger partial charge in [0, 0.05) is 36.3 Å². The Bertz CT molecular complexity index is 1010. The van der Waals surface area contributed by atoms with E-state index in [1.165, 1.54) is 16.3 Å². The molecule has 0 fully saturated rings. The number of amides is 1. The molecule has 1 aromatic heterocycles. The van der Waals surface area contributed by atoms with Gasteiger partial charge in [0.15, 0.2) is 0 Å². The van der Waals surface area contributed by atoms with Gasteiger partial charge in [-0.1, -0.05) is 35.9 Å². The number of aromatic nitrogens is 2. The molecule has 1 heterocycles. The van der Waals surface area contributed by atoms with Crippen molar-refractivity contribution in [3.05, 3.63) is 76.6 Å². The van der Waals surface area contributed by atoms with Crippen molar-refractivity contribution in [3.8, 4) is 17.0 Å². The number of nitrogens with zero attached hydrogens (tertiary/aromatic N) is 2. The average Bonchev–Trinajstić information content (AvgIpc) is 2.70. The third kappa shape index (κ3) is 5.07. The van der Waals surface area contributed by atoms with Crippen LogP contribution in [0.4, 0.5) is 5.69 Å². The van der Waals surface area contributed by atoms with Crippen LogP contribution in [0.15, 0.2) is 65.5 Å². The highest BCUT2D eigenvalue weighted by Gasteiger charge is 2.07. The smallest absolute Gasteiger partial charge is 0.266 e. The zero-order valence-electron chi connectivity index (χ0n) is 16.0. The first-order valence-corrected chi connectivity index (χ1v) is 9.14. The molecule has 0 bridgehead atoms. The van der Waals surface area contributed by atoms with Gasteiger partial charge < -0.3 is 10.1 Å². The zero-order chi connectivity index (χ0) is 19.9. The molecule has 0 aliphatic heterocycles. The second kappa shape index (κ2) is 8.99. The number of anilines is 1. The fourth-order valence-electron chi connectivity index (χ4n) is 2.80. The summed E-state index contributed by atoms with van der Waals surface area (Å²) in [4.78, 5) is 24.2. The summed E-state index contributed by atoms with van der Waals surface area (Å²) in [6.45, 7) is 2.40. The van der Waals surface area contributed by atoms with E-state index in [1.54, 1.807) is 25.3 Å². The largest absolute Gasteiger partial charge is 0.497 e. The Labute approximate surface area is 163 Å². The molecule has 0 aliphatic rings. The Kier molecular flexibility index (Phi) is 6.22. The van der Waals surface area contributed by atoms with Crippen molar-refractivity contribution in [2.75, 3.05) is 12.4 Å². The monoisotopic (exact) mass is 377 g/mol. The van der Waals surface area contributed by atoms with Crippen molar-refractivity contribution in [2.45, 2.75) is 26.3 Å². The van der Waals surface area contributed by atoms with Gasteiger partial charge in [0.25, 0.3) is 5.56 Å². The molecule has 1 amide bonds. The maximum absolute atomic E-state index is 12.1. The number of hydrogen-bond acceptors (Lipinski definition) is 4. The highest BCUT2D eigenvalue weighted by Crippen LogP contribution is 2.17. The number of rotatable bonds is 7. The molecule has 0 atom stereocenters. The average molecular weight is 377 g/mol. The first-order chi connectivity index (χ1) is 13.5. The topological polar surface area (TPSA) is 73.2 Å². The van der Waals surface area contributed by atoms with Crippen molar-refractivity contribution >= 4 is 11.6 Å². The SMILES string of the molecule is COc1cccc(NC(=O)CCCn2nc(-c3ccc(C)cc3)ccc2=O)c1. The Balaban J connectivity index is 1.59. The van der Waals surface area contributed by atoms with E-state index in [2.05, 4.69) is 10.4 Å². The van der Waals surface area contributed by atoms with E-state index in [-0.39, 0.29) is 11.5 Å². The lowest BCUT2D eigenvalue weighted by molar-refractivity contribution is -0.116. The second-order valence-corrected chi connectivity index (χ2v) is 6.53. The maximum Gasteiger partial charge on any atom is 0.266 e. The van der Waals surface area contributed by atoms with Gasteiger partial charge in [-0.3, -0.25) is 9.59 Å². The molecule has 144 valence electrons. The molecule has 1 N–H and O–H groups in total. The molecule has 3 rings (SSSR count). The quantitative estimate of drug-likeness (QED) is 0.682. The number of aryl methyl sites for hydroxylation is 2. The predicted molar refractivity (Wildman–Crippen MR) is 110 cm³/mol. The second-order valence-electron chi connectivity index (χ2n) is 6.53. The van der Waals surface area contributed by atoms with Crippen LogP contribution in [0.25, 0.3) is 11.3 Å². The van der Waals surface area contributed by atoms with Gasteiger partial charge in [-0.15, -0.1) is 0 Å². The van der Waals surface area contributed by atoms with Gasteiger partial charge in [0.2, 0.25) is 5.91 Å². The number of carbonyl (C=O) groups excluding carboxylic acids is 1. The van der Waals surface area contributed by atoms with E-state index in [9.17, 15) is 9.59 Å². The van der Waals surface area contributed by atoms with Gasteiger partial charge in [0.1, 0.15) is 5.75 Å². The van der Waals surface area contributed by atoms with E-state index < -0.39 is 0 Å². The van der Waals surface area contributed by atoms with Crippen LogP contribution in [-0.2, 0) is 11.3 Å². The molecule has 0 saturated carbocycles. The van der Waals surface area contributed by atoms with E-state index in [0.717, 1.165) is 11.3 Å². The lowest BCUT2D eigenvalue weighted by Crippen LogP contribution is -2.23. The molecule has 6 nitrogen and oxygen atoms in total. The van der Waals surface area contributed by atoms with Crippen molar-refractivity contribution in [1.82, 2.24) is 9.78 Å². The number of nitrogens with one attached hydrogen (secondary N) is 1. The van der Waals surface area contributed by atoms with Crippen LogP contribution < -0.4 is 15.6 Å². The normalized spacial score (nSPS) is 10.5. The summed E-state index contributed by atoms with van der Waals surface area (Å²) in [5.41, 5.74) is 3.36. The summed E-state index contributed by atoms with van der Waals surface area (Å²) in [6, 6.07) is 18.4. The summed E-state index contributed by atoms with van der Waals surface area (Å²) in [5, 5.41) is 7.26. The van der Waals surface area contributed by atoms with E-state index in [4.69, 9.17) is 4.74 Å². The Hall–Kier alpha value is -3.41. The van der Waals surface area contributed by atoms with Gasteiger partial charge in [-0.05, 0) is 31.5 Å². The van der Waals surface area contributed by atoms with Crippen LogP contribution in [0.3, 0.4) is 0 Å². The number of ether oxygens (including phenoxy) is 1. The summed E-state index contributed by atoms with van der Waals surface area (Å²) in [7, 11) is 1.58. The molecular formula is C22H23N3O3. The fraction of sp³-hybridized carbons (Fsp3) is 0.227. The summed E-state index contributed by atoms with van der Waals surface area (Å²) >= 11 is 0. The van der Waals surface area contributed by atoms with E-state index in [1.807, 2.05) is 43.3 Å². The Morgan fingerprint density at radius 3 is 2.64 bits per heavy atom. The number of hydrogen-bond donors (Lipinski definition) is 1. The molecule has 6 heteroatoms. The van der Waals surface area contributed by atoms with Crippen LogP contribution in [0, 0.1) is 6.92 Å². The molecule has 0 saturated heterocycles. The van der Waals surface area contributed by atoms with Gasteiger partial charge in [-0.2, -0.15) is 5.10 Å². The van der Waals surface area contributed by atoms with Crippen LogP contribution in [0.5, 0.6) is 5.75 Å². The van der Waals surface area contributed by atoms with Gasteiger partial charge in [0.05, 0.1) is 12.8 Å². The molecular weight excluding hydrogens is 354 g/mol. The minimum absolute atomic E-state index is 0.115. The first kappa shape index (κ1) is 19.4. The van der Waals surface area contributed by atoms with Crippen LogP contribution >= 0.6 is 0 Å². The van der Waals surface area contributed by atoms with Crippen LogP contribution in [-0.4, -0.2) is 22.8 Å². The third-order valence-electron chi connectivity index (χ3n) is 4.34. The minimum Gasteiger partial charge on any atom is -0.497 e. The van der Waals surface area contributed by atoms with Crippen molar-refractivity contribution in [1.29, 1.82) is 0 Å². The Morgan fingerprint density at radius 2 is 1.89 bits per heavy atom. The highest BCUT2D eigenvalue weighted by molar-refractivity contribution is 5.90. The molecule has 28 heavy (non-hydrogen) atoms. The fourth-order valence-corrected chi connectivity index (χ4v) is 2.80. The number of methoxy groups -OCH3 is 1. The maximum atomic E-state index is 12.1. The van der Waals surface area contributed by atoms with E-state index in [0.29, 0.717) is 30.8 Å². The zero-order valence-corrected chi connectivity index (χ0v) is 16.0. The first-order valence-electron chi connectivity index (χ1n) is 9.14. The third-order valence-corrected chi connectivity index (χ3v) is 4.34.